The number of benzene rings is 1. The Hall–Kier alpha value is -1.97. The van der Waals surface area contributed by atoms with Gasteiger partial charge in [-0.1, -0.05) is 6.07 Å². The van der Waals surface area contributed by atoms with Gasteiger partial charge < -0.3 is 5.73 Å². The zero-order valence-electron chi connectivity index (χ0n) is 9.37. The second-order valence-corrected chi connectivity index (χ2v) is 3.92. The van der Waals surface area contributed by atoms with Crippen LogP contribution in [0.15, 0.2) is 30.5 Å². The number of pyridine rings is 1. The predicted molar refractivity (Wildman–Crippen MR) is 62.6 cm³/mol. The maximum atomic E-state index is 13.1. The zero-order chi connectivity index (χ0) is 12.4. The first-order chi connectivity index (χ1) is 8.08. The van der Waals surface area contributed by atoms with Gasteiger partial charge in [0.15, 0.2) is 11.6 Å². The van der Waals surface area contributed by atoms with Crippen LogP contribution < -0.4 is 5.73 Å². The van der Waals surface area contributed by atoms with Gasteiger partial charge in [-0.05, 0) is 36.2 Å². The molecule has 0 aliphatic rings. The lowest BCUT2D eigenvalue weighted by molar-refractivity contribution is 0.507. The van der Waals surface area contributed by atoms with Gasteiger partial charge in [-0.25, -0.2) is 13.8 Å². The van der Waals surface area contributed by atoms with E-state index in [2.05, 4.69) is 4.98 Å². The first-order valence-corrected chi connectivity index (χ1v) is 5.22. The lowest BCUT2D eigenvalue weighted by Gasteiger charge is -2.08. The molecule has 0 unspecified atom stereocenters. The van der Waals surface area contributed by atoms with Gasteiger partial charge in [0.05, 0.1) is 0 Å². The number of nitrogens with two attached hydrogens (primary N) is 1. The molecule has 1 aromatic carbocycles. The number of nitrogen functional groups attached to an aromatic ring is 1. The van der Waals surface area contributed by atoms with Crippen molar-refractivity contribution in [2.75, 3.05) is 5.73 Å². The molecular formula is C13H12F2N2. The third-order valence-electron chi connectivity index (χ3n) is 2.69. The van der Waals surface area contributed by atoms with Crippen molar-refractivity contribution in [3.05, 3.63) is 58.8 Å². The Kier molecular flexibility index (Phi) is 3.04. The van der Waals surface area contributed by atoms with E-state index in [0.717, 1.165) is 17.2 Å². The van der Waals surface area contributed by atoms with Gasteiger partial charge in [0.2, 0.25) is 0 Å². The highest BCUT2D eigenvalue weighted by atomic mass is 19.2. The molecule has 4 heteroatoms. The minimum Gasteiger partial charge on any atom is -0.383 e. The smallest absolute Gasteiger partial charge is 0.159 e. The van der Waals surface area contributed by atoms with E-state index in [-0.39, 0.29) is 0 Å². The summed E-state index contributed by atoms with van der Waals surface area (Å²) in [6.45, 7) is 1.91. The molecule has 0 saturated heterocycles. The van der Waals surface area contributed by atoms with Crippen LogP contribution in [0.1, 0.15) is 16.7 Å². The van der Waals surface area contributed by atoms with Gasteiger partial charge >= 0.3 is 0 Å². The highest BCUT2D eigenvalue weighted by Crippen LogP contribution is 2.19. The van der Waals surface area contributed by atoms with Gasteiger partial charge in [-0.3, -0.25) is 0 Å². The summed E-state index contributed by atoms with van der Waals surface area (Å²) in [6.07, 6.45) is 2.07. The monoisotopic (exact) mass is 234 g/mol. The van der Waals surface area contributed by atoms with Gasteiger partial charge in [-0.2, -0.15) is 0 Å². The van der Waals surface area contributed by atoms with E-state index in [1.165, 1.54) is 6.07 Å². The van der Waals surface area contributed by atoms with E-state index in [1.807, 2.05) is 13.0 Å². The van der Waals surface area contributed by atoms with Gasteiger partial charge in [-0.15, -0.1) is 0 Å². The van der Waals surface area contributed by atoms with Crippen LogP contribution in [0.3, 0.4) is 0 Å². The quantitative estimate of drug-likeness (QED) is 0.867. The van der Waals surface area contributed by atoms with Crippen LogP contribution in [0.5, 0.6) is 0 Å². The Morgan fingerprint density at radius 2 is 1.94 bits per heavy atom. The topological polar surface area (TPSA) is 38.9 Å². The molecule has 88 valence electrons. The van der Waals surface area contributed by atoms with Crippen LogP contribution >= 0.6 is 0 Å². The van der Waals surface area contributed by atoms with E-state index >= 15 is 0 Å². The fraction of sp³-hybridized carbons (Fsp3) is 0.154. The van der Waals surface area contributed by atoms with Crippen molar-refractivity contribution in [2.24, 2.45) is 0 Å². The molecule has 0 aliphatic carbocycles. The molecule has 1 heterocycles. The van der Waals surface area contributed by atoms with Crippen molar-refractivity contribution >= 4 is 5.82 Å². The summed E-state index contributed by atoms with van der Waals surface area (Å²) < 4.78 is 25.8. The maximum absolute atomic E-state index is 13.1. The first kappa shape index (κ1) is 11.5. The van der Waals surface area contributed by atoms with Crippen LogP contribution in [-0.2, 0) is 6.42 Å². The summed E-state index contributed by atoms with van der Waals surface area (Å²) in [5.74, 6) is -1.26. The molecule has 0 fully saturated rings. The number of aryl methyl sites for hydroxylation is 1. The fourth-order valence-corrected chi connectivity index (χ4v) is 1.69. The second-order valence-electron chi connectivity index (χ2n) is 3.92. The van der Waals surface area contributed by atoms with Crippen molar-refractivity contribution in [2.45, 2.75) is 13.3 Å². The van der Waals surface area contributed by atoms with E-state index in [1.54, 1.807) is 12.3 Å². The Labute approximate surface area is 98.1 Å². The molecule has 0 spiro atoms. The molecule has 1 aromatic heterocycles. The molecule has 0 aliphatic heterocycles. The van der Waals surface area contributed by atoms with Gasteiger partial charge in [0.1, 0.15) is 5.82 Å². The van der Waals surface area contributed by atoms with E-state index < -0.39 is 11.6 Å². The van der Waals surface area contributed by atoms with Crippen LogP contribution in [0.4, 0.5) is 14.6 Å². The Morgan fingerprint density at radius 3 is 2.59 bits per heavy atom. The number of rotatable bonds is 2. The van der Waals surface area contributed by atoms with Crippen molar-refractivity contribution in [1.29, 1.82) is 0 Å². The number of anilines is 1. The fourth-order valence-electron chi connectivity index (χ4n) is 1.69. The van der Waals surface area contributed by atoms with Gasteiger partial charge in [0, 0.05) is 18.2 Å². The van der Waals surface area contributed by atoms with Crippen molar-refractivity contribution in [1.82, 2.24) is 4.98 Å². The van der Waals surface area contributed by atoms with E-state index in [4.69, 9.17) is 5.73 Å². The SMILES string of the molecule is Cc1ccnc(N)c1Cc1ccc(F)c(F)c1. The third kappa shape index (κ3) is 2.41. The molecule has 2 N–H and O–H groups in total. The van der Waals surface area contributed by atoms with Crippen molar-refractivity contribution < 1.29 is 8.78 Å². The average molecular weight is 234 g/mol. The minimum atomic E-state index is -0.845. The van der Waals surface area contributed by atoms with Crippen LogP contribution in [0.2, 0.25) is 0 Å². The number of nitrogens with zero attached hydrogens (tertiary/aromatic N) is 1. The van der Waals surface area contributed by atoms with E-state index in [9.17, 15) is 8.78 Å². The van der Waals surface area contributed by atoms with E-state index in [0.29, 0.717) is 17.8 Å². The normalized spacial score (nSPS) is 10.5. The lowest BCUT2D eigenvalue weighted by atomic mass is 10.0. The molecule has 2 aromatic rings. The molecular weight excluding hydrogens is 222 g/mol. The predicted octanol–water partition coefficient (Wildman–Crippen LogP) is 2.84. The summed E-state index contributed by atoms with van der Waals surface area (Å²) in [5, 5.41) is 0. The Bertz CT molecular complexity index is 533. The molecule has 17 heavy (non-hydrogen) atoms. The first-order valence-electron chi connectivity index (χ1n) is 5.22. The standard InChI is InChI=1S/C13H12F2N2/c1-8-4-5-17-13(16)10(8)6-9-2-3-11(14)12(15)7-9/h2-5,7H,6H2,1H3,(H2,16,17). The summed E-state index contributed by atoms with van der Waals surface area (Å²) in [5.41, 5.74) is 8.27. The molecule has 0 bridgehead atoms. The molecule has 0 atom stereocenters. The maximum Gasteiger partial charge on any atom is 0.159 e. The van der Waals surface area contributed by atoms with Crippen molar-refractivity contribution in [3.8, 4) is 0 Å². The zero-order valence-corrected chi connectivity index (χ0v) is 9.37. The van der Waals surface area contributed by atoms with Crippen LogP contribution in [-0.4, -0.2) is 4.98 Å². The molecule has 0 saturated carbocycles. The van der Waals surface area contributed by atoms with Crippen molar-refractivity contribution in [3.63, 3.8) is 0 Å². The molecule has 2 nitrogen and oxygen atoms in total. The summed E-state index contributed by atoms with van der Waals surface area (Å²) in [7, 11) is 0. The summed E-state index contributed by atoms with van der Waals surface area (Å²) in [6, 6.07) is 5.68. The highest BCUT2D eigenvalue weighted by molar-refractivity contribution is 5.46. The third-order valence-corrected chi connectivity index (χ3v) is 2.69. The number of aromatic nitrogens is 1. The van der Waals surface area contributed by atoms with Gasteiger partial charge in [0.25, 0.3) is 0 Å². The molecule has 0 amide bonds. The summed E-state index contributed by atoms with van der Waals surface area (Å²) >= 11 is 0. The Morgan fingerprint density at radius 1 is 1.18 bits per heavy atom. The lowest BCUT2D eigenvalue weighted by Crippen LogP contribution is -2.01. The number of halogens is 2. The highest BCUT2D eigenvalue weighted by Gasteiger charge is 2.08. The minimum absolute atomic E-state index is 0.426. The molecule has 0 radical (unpaired) electrons. The Balaban J connectivity index is 2.35. The largest absolute Gasteiger partial charge is 0.383 e. The summed E-state index contributed by atoms with van der Waals surface area (Å²) in [4.78, 5) is 3.99. The average Bonchev–Trinajstić information content (AvgIpc) is 2.28. The second kappa shape index (κ2) is 4.49. The molecule has 2 rings (SSSR count). The number of hydrogen-bond acceptors (Lipinski definition) is 2. The number of hydrogen-bond donors (Lipinski definition) is 1. The van der Waals surface area contributed by atoms with Crippen LogP contribution in [0, 0.1) is 18.6 Å². The van der Waals surface area contributed by atoms with Crippen LogP contribution in [0.25, 0.3) is 0 Å².